The minimum Gasteiger partial charge on any atom is -0.334 e. The number of anilines is 2. The molecule has 0 fully saturated rings. The lowest BCUT2D eigenvalue weighted by Gasteiger charge is -2.10. The van der Waals surface area contributed by atoms with E-state index in [0.717, 1.165) is 18.4 Å². The molecule has 0 saturated carbocycles. The first kappa shape index (κ1) is 19.5. The highest BCUT2D eigenvalue weighted by Crippen LogP contribution is 2.19. The van der Waals surface area contributed by atoms with Gasteiger partial charge < -0.3 is 10.6 Å². The van der Waals surface area contributed by atoms with Gasteiger partial charge in [-0.1, -0.05) is 31.6 Å². The van der Waals surface area contributed by atoms with Crippen molar-refractivity contribution in [1.82, 2.24) is 5.32 Å². The number of benzene rings is 2. The predicted octanol–water partition coefficient (Wildman–Crippen LogP) is 3.75. The van der Waals surface area contributed by atoms with Crippen LogP contribution in [0.3, 0.4) is 0 Å². The van der Waals surface area contributed by atoms with E-state index in [-0.39, 0.29) is 10.9 Å². The fourth-order valence-corrected chi connectivity index (χ4v) is 3.36. The summed E-state index contributed by atoms with van der Waals surface area (Å²) in [6, 6.07) is 12.9. The Morgan fingerprint density at radius 1 is 1.04 bits per heavy atom. The van der Waals surface area contributed by atoms with Gasteiger partial charge in [-0.05, 0) is 48.4 Å². The van der Waals surface area contributed by atoms with Crippen LogP contribution in [0.5, 0.6) is 0 Å². The summed E-state index contributed by atoms with van der Waals surface area (Å²) in [5.41, 5.74) is 2.08. The Morgan fingerprint density at radius 3 is 2.23 bits per heavy atom. The van der Waals surface area contributed by atoms with E-state index in [2.05, 4.69) is 28.9 Å². The van der Waals surface area contributed by atoms with E-state index >= 15 is 0 Å². The lowest BCUT2D eigenvalue weighted by molar-refractivity contribution is 0.253. The summed E-state index contributed by atoms with van der Waals surface area (Å²) < 4.78 is 27.4. The number of aryl methyl sites for hydroxylation is 1. The SMILES string of the molecule is C=CCNC(=O)Nc1ccc(NS(=O)(=O)c2ccc(CCC)cc2)cc1. The van der Waals surface area contributed by atoms with Crippen LogP contribution in [0.1, 0.15) is 18.9 Å². The quantitative estimate of drug-likeness (QED) is 0.616. The van der Waals surface area contributed by atoms with Crippen molar-refractivity contribution in [3.05, 3.63) is 66.7 Å². The maximum atomic E-state index is 12.5. The van der Waals surface area contributed by atoms with Gasteiger partial charge in [0.1, 0.15) is 0 Å². The van der Waals surface area contributed by atoms with Crippen LogP contribution in [-0.4, -0.2) is 21.0 Å². The molecule has 2 rings (SSSR count). The van der Waals surface area contributed by atoms with E-state index in [4.69, 9.17) is 0 Å². The molecule has 7 heteroatoms. The zero-order valence-corrected chi connectivity index (χ0v) is 15.5. The Hall–Kier alpha value is -2.80. The van der Waals surface area contributed by atoms with Gasteiger partial charge >= 0.3 is 6.03 Å². The summed E-state index contributed by atoms with van der Waals surface area (Å²) in [6.45, 7) is 5.96. The van der Waals surface area contributed by atoms with Crippen molar-refractivity contribution in [3.63, 3.8) is 0 Å². The highest BCUT2D eigenvalue weighted by Gasteiger charge is 2.14. The second-order valence-corrected chi connectivity index (χ2v) is 7.38. The Labute approximate surface area is 154 Å². The van der Waals surface area contributed by atoms with Crippen molar-refractivity contribution in [2.45, 2.75) is 24.7 Å². The molecule has 0 unspecified atom stereocenters. The van der Waals surface area contributed by atoms with E-state index in [0.29, 0.717) is 17.9 Å². The van der Waals surface area contributed by atoms with Crippen LogP contribution in [-0.2, 0) is 16.4 Å². The van der Waals surface area contributed by atoms with Gasteiger partial charge in [-0.25, -0.2) is 13.2 Å². The summed E-state index contributed by atoms with van der Waals surface area (Å²) in [6.07, 6.45) is 3.51. The van der Waals surface area contributed by atoms with Crippen LogP contribution >= 0.6 is 0 Å². The molecule has 6 nitrogen and oxygen atoms in total. The van der Waals surface area contributed by atoms with Crippen LogP contribution in [0.2, 0.25) is 0 Å². The van der Waals surface area contributed by atoms with Crippen LogP contribution in [0.4, 0.5) is 16.2 Å². The molecule has 0 radical (unpaired) electrons. The van der Waals surface area contributed by atoms with Gasteiger partial charge in [-0.2, -0.15) is 0 Å². The third-order valence-electron chi connectivity index (χ3n) is 3.57. The van der Waals surface area contributed by atoms with Gasteiger partial charge in [0.2, 0.25) is 0 Å². The Bertz CT molecular complexity index is 845. The molecular weight excluding hydrogens is 350 g/mol. The lowest BCUT2D eigenvalue weighted by Crippen LogP contribution is -2.28. The van der Waals surface area contributed by atoms with Crippen LogP contribution in [0.15, 0.2) is 66.1 Å². The largest absolute Gasteiger partial charge is 0.334 e. The minimum absolute atomic E-state index is 0.211. The number of carbonyl (C=O) groups excluding carboxylic acids is 1. The fourth-order valence-electron chi connectivity index (χ4n) is 2.30. The second-order valence-electron chi connectivity index (χ2n) is 5.70. The summed E-state index contributed by atoms with van der Waals surface area (Å²) in [7, 11) is -3.65. The monoisotopic (exact) mass is 373 g/mol. The second kappa shape index (κ2) is 9.05. The van der Waals surface area contributed by atoms with E-state index in [1.165, 1.54) is 0 Å². The number of amides is 2. The zero-order chi connectivity index (χ0) is 19.0. The molecule has 0 bridgehead atoms. The van der Waals surface area contributed by atoms with Crippen molar-refractivity contribution in [2.24, 2.45) is 0 Å². The molecule has 0 aliphatic rings. The third-order valence-corrected chi connectivity index (χ3v) is 4.97. The van der Waals surface area contributed by atoms with Crippen LogP contribution in [0.25, 0.3) is 0 Å². The highest BCUT2D eigenvalue weighted by atomic mass is 32.2. The molecule has 0 aromatic heterocycles. The van der Waals surface area contributed by atoms with Crippen molar-refractivity contribution < 1.29 is 13.2 Å². The van der Waals surface area contributed by atoms with Crippen molar-refractivity contribution in [2.75, 3.05) is 16.6 Å². The van der Waals surface area contributed by atoms with E-state index < -0.39 is 10.0 Å². The molecule has 0 aliphatic carbocycles. The first-order valence-electron chi connectivity index (χ1n) is 8.32. The standard InChI is InChI=1S/C19H23N3O3S/c1-3-5-15-6-12-18(13-7-15)26(24,25)22-17-10-8-16(9-11-17)21-19(23)20-14-4-2/h4,6-13,22H,2-3,5,14H2,1H3,(H2,20,21,23). The smallest absolute Gasteiger partial charge is 0.319 e. The summed E-state index contributed by atoms with van der Waals surface area (Å²) in [4.78, 5) is 11.8. The summed E-state index contributed by atoms with van der Waals surface area (Å²) in [5, 5.41) is 5.23. The number of rotatable bonds is 8. The van der Waals surface area contributed by atoms with Gasteiger partial charge in [-0.15, -0.1) is 6.58 Å². The molecule has 2 amide bonds. The van der Waals surface area contributed by atoms with Crippen LogP contribution in [0, 0.1) is 0 Å². The van der Waals surface area contributed by atoms with E-state index in [1.54, 1.807) is 42.5 Å². The predicted molar refractivity (Wildman–Crippen MR) is 105 cm³/mol. The topological polar surface area (TPSA) is 87.3 Å². The Kier molecular flexibility index (Phi) is 6.80. The minimum atomic E-state index is -3.65. The normalized spacial score (nSPS) is 10.8. The van der Waals surface area contributed by atoms with Crippen LogP contribution < -0.4 is 15.4 Å². The van der Waals surface area contributed by atoms with E-state index in [9.17, 15) is 13.2 Å². The Morgan fingerprint density at radius 2 is 1.65 bits per heavy atom. The molecule has 26 heavy (non-hydrogen) atoms. The van der Waals surface area contributed by atoms with Crippen molar-refractivity contribution in [3.8, 4) is 0 Å². The molecule has 0 aliphatic heterocycles. The molecule has 0 heterocycles. The average molecular weight is 373 g/mol. The van der Waals surface area contributed by atoms with Gasteiger partial charge in [0.25, 0.3) is 10.0 Å². The number of urea groups is 1. The molecular formula is C19H23N3O3S. The number of sulfonamides is 1. The Balaban J connectivity index is 2.02. The van der Waals surface area contributed by atoms with Gasteiger partial charge in [0, 0.05) is 17.9 Å². The zero-order valence-electron chi connectivity index (χ0n) is 14.7. The van der Waals surface area contributed by atoms with Gasteiger partial charge in [-0.3, -0.25) is 4.72 Å². The highest BCUT2D eigenvalue weighted by molar-refractivity contribution is 7.92. The first-order chi connectivity index (χ1) is 12.4. The summed E-state index contributed by atoms with van der Waals surface area (Å²) >= 11 is 0. The lowest BCUT2D eigenvalue weighted by atomic mass is 10.1. The molecule has 2 aromatic rings. The van der Waals surface area contributed by atoms with Gasteiger partial charge in [0.15, 0.2) is 0 Å². The van der Waals surface area contributed by atoms with E-state index in [1.807, 2.05) is 12.1 Å². The first-order valence-corrected chi connectivity index (χ1v) is 9.80. The summed E-state index contributed by atoms with van der Waals surface area (Å²) in [5.74, 6) is 0. The average Bonchev–Trinajstić information content (AvgIpc) is 2.62. The van der Waals surface area contributed by atoms with Crippen molar-refractivity contribution >= 4 is 27.4 Å². The maximum Gasteiger partial charge on any atom is 0.319 e. The molecule has 0 saturated heterocycles. The molecule has 0 spiro atoms. The number of hydrogen-bond acceptors (Lipinski definition) is 3. The fraction of sp³-hybridized carbons (Fsp3) is 0.211. The molecule has 3 N–H and O–H groups in total. The third kappa shape index (κ3) is 5.63. The number of nitrogens with one attached hydrogen (secondary N) is 3. The van der Waals surface area contributed by atoms with Gasteiger partial charge in [0.05, 0.1) is 4.90 Å². The number of carbonyl (C=O) groups is 1. The molecule has 2 aromatic carbocycles. The van der Waals surface area contributed by atoms with Crippen molar-refractivity contribution in [1.29, 1.82) is 0 Å². The molecule has 0 atom stereocenters. The number of hydrogen-bond donors (Lipinski definition) is 3. The molecule has 138 valence electrons. The maximum absolute atomic E-state index is 12.5.